The van der Waals surface area contributed by atoms with Crippen molar-refractivity contribution in [1.82, 2.24) is 5.32 Å². The van der Waals surface area contributed by atoms with Crippen molar-refractivity contribution in [2.45, 2.75) is 31.4 Å². The van der Waals surface area contributed by atoms with Gasteiger partial charge in [0.25, 0.3) is 0 Å². The van der Waals surface area contributed by atoms with Crippen LogP contribution in [-0.2, 0) is 9.84 Å². The molecule has 0 atom stereocenters. The molecule has 0 unspecified atom stereocenters. The van der Waals surface area contributed by atoms with E-state index >= 15 is 0 Å². The highest BCUT2D eigenvalue weighted by Gasteiger charge is 2.56. The molecule has 0 aliphatic heterocycles. The first-order valence-electron chi connectivity index (χ1n) is 5.31. The normalized spacial score (nSPS) is 13.9. The van der Waals surface area contributed by atoms with Gasteiger partial charge in [0, 0.05) is 6.42 Å². The molecule has 0 bridgehead atoms. The number of hydrogen-bond donors (Lipinski definition) is 1. The molecule has 0 aliphatic rings. The molecule has 0 spiro atoms. The average molecular weight is 297 g/mol. The van der Waals surface area contributed by atoms with Crippen molar-refractivity contribution in [1.29, 1.82) is 0 Å². The summed E-state index contributed by atoms with van der Waals surface area (Å²) in [7, 11) is -1.94. The van der Waals surface area contributed by atoms with Gasteiger partial charge in [0.1, 0.15) is 9.84 Å². The van der Waals surface area contributed by atoms with Crippen LogP contribution in [0.2, 0.25) is 0 Å². The van der Waals surface area contributed by atoms with Crippen LogP contribution in [0.25, 0.3) is 0 Å². The first-order chi connectivity index (χ1) is 8.02. The summed E-state index contributed by atoms with van der Waals surface area (Å²) < 4.78 is 82.9. The van der Waals surface area contributed by atoms with Gasteiger partial charge in [0.15, 0.2) is 0 Å². The van der Waals surface area contributed by atoms with Crippen LogP contribution in [-0.4, -0.2) is 45.6 Å². The monoisotopic (exact) mass is 297 g/mol. The van der Waals surface area contributed by atoms with E-state index in [4.69, 9.17) is 0 Å². The maximum atomic E-state index is 12.5. The molecule has 0 fully saturated rings. The third-order valence-electron chi connectivity index (χ3n) is 2.24. The van der Waals surface area contributed by atoms with Crippen molar-refractivity contribution < 1.29 is 30.4 Å². The minimum atomic E-state index is -5.62. The summed E-state index contributed by atoms with van der Waals surface area (Å²) in [5.41, 5.74) is 0. The molecule has 0 aliphatic carbocycles. The zero-order chi connectivity index (χ0) is 14.4. The largest absolute Gasteiger partial charge is 0.453 e. The summed E-state index contributed by atoms with van der Waals surface area (Å²) in [5, 5.41) is 2.71. The lowest BCUT2D eigenvalue weighted by Gasteiger charge is -2.19. The minimum Gasteiger partial charge on any atom is -0.320 e. The second-order valence-electron chi connectivity index (χ2n) is 3.91. The van der Waals surface area contributed by atoms with Crippen LogP contribution in [0.4, 0.5) is 22.0 Å². The van der Waals surface area contributed by atoms with Crippen LogP contribution < -0.4 is 5.32 Å². The van der Waals surface area contributed by atoms with Gasteiger partial charge in [-0.25, -0.2) is 8.42 Å². The molecule has 0 saturated heterocycles. The second-order valence-corrected chi connectivity index (χ2v) is 6.22. The summed E-state index contributed by atoms with van der Waals surface area (Å²) in [6.07, 6.45) is -7.52. The van der Waals surface area contributed by atoms with E-state index in [0.717, 1.165) is 0 Å². The van der Waals surface area contributed by atoms with Crippen LogP contribution in [0, 0.1) is 0 Å². The molecule has 0 saturated carbocycles. The van der Waals surface area contributed by atoms with Gasteiger partial charge >= 0.3 is 12.1 Å². The highest BCUT2D eigenvalue weighted by atomic mass is 32.2. The van der Waals surface area contributed by atoms with Gasteiger partial charge in [-0.3, -0.25) is 0 Å². The Morgan fingerprint density at radius 2 is 1.50 bits per heavy atom. The standard InChI is InChI=1S/C9H16F5NO2S/c1-15-5-3-7-18(16,17)6-2-4-8(10,11)9(12,13)14/h15H,2-7H2,1H3. The predicted octanol–water partition coefficient (Wildman–Crippen LogP) is 1.99. The number of halogens is 5. The van der Waals surface area contributed by atoms with Crippen LogP contribution in [0.3, 0.4) is 0 Å². The van der Waals surface area contributed by atoms with E-state index in [2.05, 4.69) is 5.32 Å². The van der Waals surface area contributed by atoms with Crippen molar-refractivity contribution in [3.05, 3.63) is 0 Å². The summed E-state index contributed by atoms with van der Waals surface area (Å²) >= 11 is 0. The Hall–Kier alpha value is -0.440. The average Bonchev–Trinajstić information content (AvgIpc) is 2.15. The van der Waals surface area contributed by atoms with Crippen molar-refractivity contribution in [3.8, 4) is 0 Å². The molecule has 0 heterocycles. The first kappa shape index (κ1) is 17.6. The number of rotatable bonds is 8. The molecule has 0 radical (unpaired) electrons. The van der Waals surface area contributed by atoms with Crippen molar-refractivity contribution >= 4 is 9.84 Å². The Morgan fingerprint density at radius 1 is 1.00 bits per heavy atom. The van der Waals surface area contributed by atoms with Crippen molar-refractivity contribution in [2.75, 3.05) is 25.1 Å². The molecule has 0 aromatic carbocycles. The highest BCUT2D eigenvalue weighted by molar-refractivity contribution is 7.91. The molecule has 110 valence electrons. The lowest BCUT2D eigenvalue weighted by atomic mass is 10.2. The topological polar surface area (TPSA) is 46.2 Å². The Bertz CT molecular complexity index is 339. The lowest BCUT2D eigenvalue weighted by Crippen LogP contribution is -2.36. The maximum absolute atomic E-state index is 12.5. The number of nitrogens with one attached hydrogen (secondary N) is 1. The molecule has 0 amide bonds. The summed E-state index contributed by atoms with van der Waals surface area (Å²) in [6.45, 7) is 0.442. The Labute approximate surface area is 103 Å². The second kappa shape index (κ2) is 6.65. The first-order valence-corrected chi connectivity index (χ1v) is 7.13. The van der Waals surface area contributed by atoms with Crippen LogP contribution in [0.1, 0.15) is 19.3 Å². The molecule has 0 aromatic rings. The minimum absolute atomic E-state index is 0.217. The van der Waals surface area contributed by atoms with Gasteiger partial charge in [-0.05, 0) is 26.4 Å². The van der Waals surface area contributed by atoms with E-state index in [0.29, 0.717) is 13.0 Å². The summed E-state index contributed by atoms with van der Waals surface area (Å²) in [4.78, 5) is 0. The van der Waals surface area contributed by atoms with Crippen LogP contribution in [0.5, 0.6) is 0 Å². The Balaban J connectivity index is 4.11. The fraction of sp³-hybridized carbons (Fsp3) is 1.00. The lowest BCUT2D eigenvalue weighted by molar-refractivity contribution is -0.284. The quantitative estimate of drug-likeness (QED) is 0.550. The third kappa shape index (κ3) is 6.48. The zero-order valence-corrected chi connectivity index (χ0v) is 10.7. The highest BCUT2D eigenvalue weighted by Crippen LogP contribution is 2.38. The molecule has 18 heavy (non-hydrogen) atoms. The van der Waals surface area contributed by atoms with Gasteiger partial charge in [0.2, 0.25) is 0 Å². The van der Waals surface area contributed by atoms with Crippen molar-refractivity contribution in [2.24, 2.45) is 0 Å². The molecule has 0 aromatic heterocycles. The molecular weight excluding hydrogens is 281 g/mol. The van der Waals surface area contributed by atoms with E-state index in [1.54, 1.807) is 7.05 Å². The Kier molecular flexibility index (Phi) is 6.48. The van der Waals surface area contributed by atoms with E-state index in [-0.39, 0.29) is 5.75 Å². The van der Waals surface area contributed by atoms with Gasteiger partial charge in [-0.15, -0.1) is 0 Å². The zero-order valence-electron chi connectivity index (χ0n) is 9.86. The fourth-order valence-corrected chi connectivity index (χ4v) is 2.60. The van der Waals surface area contributed by atoms with Gasteiger partial charge in [0.05, 0.1) is 11.5 Å². The summed E-state index contributed by atoms with van der Waals surface area (Å²) in [5.74, 6) is -5.69. The predicted molar refractivity (Wildman–Crippen MR) is 57.4 cm³/mol. The number of sulfone groups is 1. The van der Waals surface area contributed by atoms with E-state index in [9.17, 15) is 30.4 Å². The molecule has 9 heteroatoms. The molecule has 1 N–H and O–H groups in total. The maximum Gasteiger partial charge on any atom is 0.453 e. The SMILES string of the molecule is CNCCCS(=O)(=O)CCCC(F)(F)C(F)(F)F. The van der Waals surface area contributed by atoms with E-state index < -0.39 is 40.5 Å². The van der Waals surface area contributed by atoms with Crippen LogP contribution in [0.15, 0.2) is 0 Å². The third-order valence-corrected chi connectivity index (χ3v) is 4.06. The van der Waals surface area contributed by atoms with Crippen LogP contribution >= 0.6 is 0 Å². The number of alkyl halides is 5. The summed E-state index contributed by atoms with van der Waals surface area (Å²) in [6, 6.07) is 0. The fourth-order valence-electron chi connectivity index (χ4n) is 1.23. The smallest absolute Gasteiger partial charge is 0.320 e. The van der Waals surface area contributed by atoms with E-state index in [1.807, 2.05) is 0 Å². The number of hydrogen-bond acceptors (Lipinski definition) is 3. The molecule has 0 rings (SSSR count). The van der Waals surface area contributed by atoms with Crippen molar-refractivity contribution in [3.63, 3.8) is 0 Å². The van der Waals surface area contributed by atoms with Gasteiger partial charge in [-0.1, -0.05) is 0 Å². The van der Waals surface area contributed by atoms with E-state index in [1.165, 1.54) is 0 Å². The molecule has 3 nitrogen and oxygen atoms in total. The van der Waals surface area contributed by atoms with Gasteiger partial charge < -0.3 is 5.32 Å². The molecular formula is C9H16F5NO2S. The van der Waals surface area contributed by atoms with Gasteiger partial charge in [-0.2, -0.15) is 22.0 Å². The Morgan fingerprint density at radius 3 is 1.94 bits per heavy atom.